The molecule has 5 rings (SSSR count). The molecule has 1 aliphatic carbocycles. The number of fused-ring (bicyclic) bond motifs is 1. The third-order valence-electron chi connectivity index (χ3n) is 5.92. The number of carbonyl (C=O) groups excluding carboxylic acids is 2. The molecule has 0 saturated heterocycles. The first kappa shape index (κ1) is 24.0. The summed E-state index contributed by atoms with van der Waals surface area (Å²) in [7, 11) is 1.62. The number of thiazole rings is 2. The van der Waals surface area contributed by atoms with E-state index in [-0.39, 0.29) is 11.8 Å². The van der Waals surface area contributed by atoms with Crippen LogP contribution >= 0.6 is 38.6 Å². The van der Waals surface area contributed by atoms with Crippen LogP contribution in [0.1, 0.15) is 39.5 Å². The van der Waals surface area contributed by atoms with E-state index < -0.39 is 0 Å². The number of halogens is 1. The van der Waals surface area contributed by atoms with Crippen LogP contribution in [-0.4, -0.2) is 57.8 Å². The quantitative estimate of drug-likeness (QED) is 0.308. The average Bonchev–Trinajstić information content (AvgIpc) is 3.26. The van der Waals surface area contributed by atoms with E-state index in [9.17, 15) is 9.59 Å². The van der Waals surface area contributed by atoms with E-state index in [0.29, 0.717) is 46.6 Å². The van der Waals surface area contributed by atoms with E-state index >= 15 is 0 Å². The average molecular weight is 575 g/mol. The molecule has 0 unspecified atom stereocenters. The van der Waals surface area contributed by atoms with Gasteiger partial charge in [0.2, 0.25) is 0 Å². The van der Waals surface area contributed by atoms with E-state index in [1.807, 2.05) is 47.7 Å². The van der Waals surface area contributed by atoms with Crippen molar-refractivity contribution in [2.24, 2.45) is 5.92 Å². The van der Waals surface area contributed by atoms with E-state index in [0.717, 1.165) is 34.0 Å². The maximum absolute atomic E-state index is 13.7. The van der Waals surface area contributed by atoms with Gasteiger partial charge in [0.1, 0.15) is 17.1 Å². The molecule has 4 aromatic rings. The second-order valence-electron chi connectivity index (χ2n) is 8.43. The molecule has 1 saturated carbocycles. The summed E-state index contributed by atoms with van der Waals surface area (Å²) in [5, 5.41) is 4.88. The predicted octanol–water partition coefficient (Wildman–Crippen LogP) is 4.88. The van der Waals surface area contributed by atoms with E-state index in [1.165, 1.54) is 22.7 Å². The number of methoxy groups -OCH3 is 1. The van der Waals surface area contributed by atoms with Gasteiger partial charge in [-0.3, -0.25) is 14.0 Å². The lowest BCUT2D eigenvalue weighted by atomic mass is 10.1. The van der Waals surface area contributed by atoms with Crippen molar-refractivity contribution in [2.75, 3.05) is 26.7 Å². The van der Waals surface area contributed by atoms with Crippen molar-refractivity contribution in [1.29, 1.82) is 0 Å². The fraction of sp³-hybridized carbons (Fsp3) is 0.333. The molecule has 2 amide bonds. The molecule has 0 radical (unpaired) electrons. The number of amides is 2. The highest BCUT2D eigenvalue weighted by molar-refractivity contribution is 9.11. The monoisotopic (exact) mass is 573 g/mol. The molecule has 1 aliphatic rings. The van der Waals surface area contributed by atoms with Gasteiger partial charge in [-0.15, -0.1) is 22.7 Å². The van der Waals surface area contributed by atoms with Gasteiger partial charge >= 0.3 is 0 Å². The van der Waals surface area contributed by atoms with Crippen LogP contribution in [-0.2, 0) is 0 Å². The van der Waals surface area contributed by atoms with Crippen LogP contribution in [0, 0.1) is 12.8 Å². The van der Waals surface area contributed by atoms with Crippen LogP contribution in [0.2, 0.25) is 0 Å². The Labute approximate surface area is 219 Å². The Hall–Kier alpha value is -2.76. The highest BCUT2D eigenvalue weighted by atomic mass is 79.9. The van der Waals surface area contributed by atoms with Crippen LogP contribution in [0.25, 0.3) is 15.4 Å². The number of nitrogens with zero attached hydrogens (tertiary/aromatic N) is 4. The van der Waals surface area contributed by atoms with Gasteiger partial charge in [-0.2, -0.15) is 0 Å². The first-order chi connectivity index (χ1) is 16.9. The molecule has 11 heteroatoms. The van der Waals surface area contributed by atoms with Crippen molar-refractivity contribution >= 4 is 55.4 Å². The Morgan fingerprint density at radius 2 is 2.14 bits per heavy atom. The normalized spacial score (nSPS) is 13.2. The Morgan fingerprint density at radius 1 is 1.31 bits per heavy atom. The molecule has 3 heterocycles. The standard InChI is InChI=1S/C24H24BrN5O3S2/c1-14-19(30-10-11-34-24(30)27-14)21(31)26-8-9-29(13-15-6-7-15)22(32)18-20(35-23(25)28-18)16-4-3-5-17(12-16)33-2/h3-5,10-12,15H,6-9,13H2,1-2H3,(H,26,31). The van der Waals surface area contributed by atoms with Gasteiger partial charge in [0.15, 0.2) is 8.88 Å². The minimum absolute atomic E-state index is 0.133. The first-order valence-electron chi connectivity index (χ1n) is 11.2. The van der Waals surface area contributed by atoms with Crippen molar-refractivity contribution < 1.29 is 14.3 Å². The molecule has 8 nitrogen and oxygen atoms in total. The Bertz CT molecular complexity index is 1390. The molecule has 3 aromatic heterocycles. The van der Waals surface area contributed by atoms with E-state index in [1.54, 1.807) is 11.5 Å². The maximum atomic E-state index is 13.7. The number of ether oxygens (including phenoxy) is 1. The third-order valence-corrected chi connectivity index (χ3v) is 8.23. The summed E-state index contributed by atoms with van der Waals surface area (Å²) in [4.78, 5) is 38.9. The fourth-order valence-corrected chi connectivity index (χ4v) is 6.19. The number of rotatable bonds is 9. The van der Waals surface area contributed by atoms with Gasteiger partial charge in [-0.25, -0.2) is 9.97 Å². The number of aryl methyl sites for hydroxylation is 1. The molecule has 1 N–H and O–H groups in total. The van der Waals surface area contributed by atoms with Crippen LogP contribution in [0.5, 0.6) is 5.75 Å². The zero-order valence-electron chi connectivity index (χ0n) is 19.3. The van der Waals surface area contributed by atoms with Crippen LogP contribution in [0.4, 0.5) is 0 Å². The molecular formula is C24H24BrN5O3S2. The van der Waals surface area contributed by atoms with Crippen LogP contribution in [0.3, 0.4) is 0 Å². The molecule has 35 heavy (non-hydrogen) atoms. The van der Waals surface area contributed by atoms with Gasteiger partial charge in [0.05, 0.1) is 17.7 Å². The number of nitrogens with one attached hydrogen (secondary N) is 1. The second-order valence-corrected chi connectivity index (χ2v) is 11.6. The highest BCUT2D eigenvalue weighted by Gasteiger charge is 2.30. The molecule has 182 valence electrons. The first-order valence-corrected chi connectivity index (χ1v) is 13.7. The Balaban J connectivity index is 1.33. The lowest BCUT2D eigenvalue weighted by Crippen LogP contribution is -2.40. The molecule has 0 aliphatic heterocycles. The van der Waals surface area contributed by atoms with Gasteiger partial charge in [-0.1, -0.05) is 12.1 Å². The Morgan fingerprint density at radius 3 is 2.91 bits per heavy atom. The lowest BCUT2D eigenvalue weighted by molar-refractivity contribution is 0.0736. The predicted molar refractivity (Wildman–Crippen MR) is 141 cm³/mol. The van der Waals surface area contributed by atoms with Crippen molar-refractivity contribution in [3.8, 4) is 16.2 Å². The molecule has 1 fully saturated rings. The number of aromatic nitrogens is 3. The summed E-state index contributed by atoms with van der Waals surface area (Å²) >= 11 is 6.36. The SMILES string of the molecule is COc1cccc(-c2sc(Br)nc2C(=O)N(CCNC(=O)c2c(C)nc3sccn23)CC2CC2)c1. The number of benzene rings is 1. The zero-order chi connectivity index (χ0) is 24.5. The van der Waals surface area contributed by atoms with E-state index in [2.05, 4.69) is 31.2 Å². The maximum Gasteiger partial charge on any atom is 0.274 e. The van der Waals surface area contributed by atoms with Gasteiger partial charge < -0.3 is 15.0 Å². The lowest BCUT2D eigenvalue weighted by Gasteiger charge is -2.22. The smallest absolute Gasteiger partial charge is 0.274 e. The Kier molecular flexibility index (Phi) is 6.90. The topological polar surface area (TPSA) is 88.8 Å². The van der Waals surface area contributed by atoms with Gasteiger partial charge in [0, 0.05) is 31.2 Å². The van der Waals surface area contributed by atoms with Crippen LogP contribution in [0.15, 0.2) is 39.8 Å². The van der Waals surface area contributed by atoms with Crippen molar-refractivity contribution in [1.82, 2.24) is 24.6 Å². The summed E-state index contributed by atoms with van der Waals surface area (Å²) in [6.45, 7) is 3.23. The summed E-state index contributed by atoms with van der Waals surface area (Å²) < 4.78 is 7.81. The summed E-state index contributed by atoms with van der Waals surface area (Å²) in [6.07, 6.45) is 4.08. The van der Waals surface area contributed by atoms with Crippen LogP contribution < -0.4 is 10.1 Å². The number of hydrogen-bond acceptors (Lipinski definition) is 7. The second kappa shape index (κ2) is 10.1. The summed E-state index contributed by atoms with van der Waals surface area (Å²) in [5.41, 5.74) is 2.51. The van der Waals surface area contributed by atoms with Crippen molar-refractivity contribution in [3.05, 3.63) is 56.8 Å². The number of imidazole rings is 1. The number of carbonyl (C=O) groups is 2. The minimum atomic E-state index is -0.194. The molecule has 0 spiro atoms. The zero-order valence-corrected chi connectivity index (χ0v) is 22.5. The van der Waals surface area contributed by atoms with E-state index in [4.69, 9.17) is 4.74 Å². The molecule has 0 bridgehead atoms. The fourth-order valence-electron chi connectivity index (χ4n) is 3.99. The van der Waals surface area contributed by atoms with Crippen molar-refractivity contribution in [2.45, 2.75) is 19.8 Å². The third kappa shape index (κ3) is 5.12. The largest absolute Gasteiger partial charge is 0.497 e. The highest BCUT2D eigenvalue weighted by Crippen LogP contribution is 2.36. The number of hydrogen-bond donors (Lipinski definition) is 1. The minimum Gasteiger partial charge on any atom is -0.497 e. The molecule has 0 atom stereocenters. The summed E-state index contributed by atoms with van der Waals surface area (Å²) in [6, 6.07) is 7.62. The van der Waals surface area contributed by atoms with Crippen molar-refractivity contribution in [3.63, 3.8) is 0 Å². The molecule has 1 aromatic carbocycles. The van der Waals surface area contributed by atoms with Gasteiger partial charge in [-0.05, 0) is 59.3 Å². The summed E-state index contributed by atoms with van der Waals surface area (Å²) in [5.74, 6) is 0.893. The van der Waals surface area contributed by atoms with Gasteiger partial charge in [0.25, 0.3) is 11.8 Å². The molecular weight excluding hydrogens is 550 g/mol.